The lowest BCUT2D eigenvalue weighted by molar-refractivity contribution is -0.117. The lowest BCUT2D eigenvalue weighted by Crippen LogP contribution is -2.12. The first-order chi connectivity index (χ1) is 6.29. The van der Waals surface area contributed by atoms with E-state index >= 15 is 0 Å². The highest BCUT2D eigenvalue weighted by Crippen LogP contribution is 2.20. The number of alkyl halides is 1. The number of Topliss-reactive ketones (excluding diaryl/α,β-unsaturated/α-hetero) is 1. The zero-order valence-electron chi connectivity index (χ0n) is 7.66. The van der Waals surface area contributed by atoms with Gasteiger partial charge in [-0.3, -0.25) is 4.79 Å². The Labute approximate surface area is 92.7 Å². The van der Waals surface area contributed by atoms with Crippen molar-refractivity contribution < 1.29 is 4.79 Å². The van der Waals surface area contributed by atoms with Gasteiger partial charge in [0.1, 0.15) is 5.78 Å². The van der Waals surface area contributed by atoms with Crippen LogP contribution in [0.4, 0.5) is 0 Å². The van der Waals surface area contributed by atoms with Crippen molar-refractivity contribution >= 4 is 28.4 Å². The molecule has 0 amide bonds. The number of ketones is 1. The van der Waals surface area contributed by atoms with E-state index in [1.807, 2.05) is 30.3 Å². The normalized spacial score (nSPS) is 12.5. The molecule has 2 heteroatoms. The van der Waals surface area contributed by atoms with Crippen LogP contribution < -0.4 is 0 Å². The molecule has 1 aromatic rings. The maximum Gasteiger partial charge on any atom is 0.150 e. The average molecular weight is 288 g/mol. The second-order valence-electron chi connectivity index (χ2n) is 2.97. The van der Waals surface area contributed by atoms with E-state index in [1.165, 1.54) is 0 Å². The molecule has 1 nitrogen and oxygen atoms in total. The molecule has 0 aromatic heterocycles. The molecule has 0 saturated heterocycles. The first-order valence-corrected chi connectivity index (χ1v) is 5.95. The van der Waals surface area contributed by atoms with Gasteiger partial charge in [0.15, 0.2) is 0 Å². The van der Waals surface area contributed by atoms with Crippen LogP contribution in [0.3, 0.4) is 0 Å². The SMILES string of the molecule is CCC(C(=O)CI)c1ccccc1. The summed E-state index contributed by atoms with van der Waals surface area (Å²) in [5, 5.41) is 0. The van der Waals surface area contributed by atoms with E-state index in [0.717, 1.165) is 12.0 Å². The van der Waals surface area contributed by atoms with Crippen molar-refractivity contribution in [1.29, 1.82) is 0 Å². The minimum absolute atomic E-state index is 0.0955. The summed E-state index contributed by atoms with van der Waals surface area (Å²) in [6.07, 6.45) is 0.895. The molecule has 0 aliphatic heterocycles. The van der Waals surface area contributed by atoms with Crippen LogP contribution in [0.5, 0.6) is 0 Å². The summed E-state index contributed by atoms with van der Waals surface area (Å²) in [7, 11) is 0. The molecule has 13 heavy (non-hydrogen) atoms. The van der Waals surface area contributed by atoms with Crippen molar-refractivity contribution in [2.75, 3.05) is 4.43 Å². The van der Waals surface area contributed by atoms with E-state index in [2.05, 4.69) is 29.5 Å². The Kier molecular flexibility index (Phi) is 4.42. The van der Waals surface area contributed by atoms with Crippen molar-refractivity contribution in [2.45, 2.75) is 19.3 Å². The van der Waals surface area contributed by atoms with Gasteiger partial charge in [0.2, 0.25) is 0 Å². The molecule has 0 bridgehead atoms. The van der Waals surface area contributed by atoms with E-state index in [4.69, 9.17) is 0 Å². The fourth-order valence-corrected chi connectivity index (χ4v) is 1.96. The minimum atomic E-state index is 0.0955. The molecule has 1 aromatic carbocycles. The first-order valence-electron chi connectivity index (χ1n) is 4.43. The predicted molar refractivity (Wildman–Crippen MR) is 63.4 cm³/mol. The quantitative estimate of drug-likeness (QED) is 0.614. The van der Waals surface area contributed by atoms with E-state index < -0.39 is 0 Å². The zero-order valence-corrected chi connectivity index (χ0v) is 9.82. The summed E-state index contributed by atoms with van der Waals surface area (Å²) in [5.74, 6) is 0.424. The molecule has 0 saturated carbocycles. The van der Waals surface area contributed by atoms with Crippen molar-refractivity contribution in [2.24, 2.45) is 0 Å². The molecule has 1 rings (SSSR count). The molecule has 0 spiro atoms. The number of carbonyl (C=O) groups excluding carboxylic acids is 1. The number of rotatable bonds is 4. The fraction of sp³-hybridized carbons (Fsp3) is 0.364. The lowest BCUT2D eigenvalue weighted by Gasteiger charge is -2.11. The Morgan fingerprint density at radius 1 is 1.38 bits per heavy atom. The minimum Gasteiger partial charge on any atom is -0.298 e. The standard InChI is InChI=1S/C11H13IO/c1-2-10(11(13)8-12)9-6-4-3-5-7-9/h3-7,10H,2,8H2,1H3. The van der Waals surface area contributed by atoms with Gasteiger partial charge in [-0.15, -0.1) is 0 Å². The van der Waals surface area contributed by atoms with E-state index in [0.29, 0.717) is 10.2 Å². The Morgan fingerprint density at radius 2 is 2.00 bits per heavy atom. The summed E-state index contributed by atoms with van der Waals surface area (Å²) in [6.45, 7) is 2.06. The van der Waals surface area contributed by atoms with Crippen LogP contribution in [0.1, 0.15) is 24.8 Å². The number of hydrogen-bond acceptors (Lipinski definition) is 1. The Morgan fingerprint density at radius 3 is 2.46 bits per heavy atom. The van der Waals surface area contributed by atoms with Gasteiger partial charge in [-0.25, -0.2) is 0 Å². The largest absolute Gasteiger partial charge is 0.298 e. The van der Waals surface area contributed by atoms with Crippen LogP contribution in [0.25, 0.3) is 0 Å². The van der Waals surface area contributed by atoms with Crippen LogP contribution in [-0.2, 0) is 4.79 Å². The second kappa shape index (κ2) is 5.37. The molecular formula is C11H13IO. The van der Waals surface area contributed by atoms with Crippen LogP contribution >= 0.6 is 22.6 Å². The number of hydrogen-bond donors (Lipinski definition) is 0. The highest BCUT2D eigenvalue weighted by molar-refractivity contribution is 14.1. The highest BCUT2D eigenvalue weighted by atomic mass is 127. The first kappa shape index (κ1) is 10.7. The molecule has 1 atom stereocenters. The van der Waals surface area contributed by atoms with Crippen LogP contribution in [-0.4, -0.2) is 10.2 Å². The lowest BCUT2D eigenvalue weighted by atomic mass is 9.93. The third-order valence-corrected chi connectivity index (χ3v) is 2.88. The number of benzene rings is 1. The smallest absolute Gasteiger partial charge is 0.150 e. The molecule has 70 valence electrons. The zero-order chi connectivity index (χ0) is 9.68. The molecule has 0 aliphatic rings. The van der Waals surface area contributed by atoms with Gasteiger partial charge in [0.05, 0.1) is 4.43 Å². The van der Waals surface area contributed by atoms with Gasteiger partial charge in [0, 0.05) is 5.92 Å². The maximum absolute atomic E-state index is 11.5. The van der Waals surface area contributed by atoms with Gasteiger partial charge in [-0.2, -0.15) is 0 Å². The Hall–Kier alpha value is -0.380. The van der Waals surface area contributed by atoms with Gasteiger partial charge in [0.25, 0.3) is 0 Å². The number of halogens is 1. The second-order valence-corrected chi connectivity index (χ2v) is 3.73. The van der Waals surface area contributed by atoms with E-state index in [9.17, 15) is 4.79 Å². The van der Waals surface area contributed by atoms with Crippen molar-refractivity contribution in [3.8, 4) is 0 Å². The molecular weight excluding hydrogens is 275 g/mol. The molecule has 1 unspecified atom stereocenters. The monoisotopic (exact) mass is 288 g/mol. The summed E-state index contributed by atoms with van der Waals surface area (Å²) < 4.78 is 0.602. The van der Waals surface area contributed by atoms with Crippen molar-refractivity contribution in [3.63, 3.8) is 0 Å². The molecule has 0 fully saturated rings. The summed E-state index contributed by atoms with van der Waals surface area (Å²) >= 11 is 2.13. The summed E-state index contributed by atoms with van der Waals surface area (Å²) in [4.78, 5) is 11.5. The summed E-state index contributed by atoms with van der Waals surface area (Å²) in [5.41, 5.74) is 1.15. The van der Waals surface area contributed by atoms with Gasteiger partial charge in [-0.05, 0) is 12.0 Å². The number of carbonyl (C=O) groups is 1. The van der Waals surface area contributed by atoms with Gasteiger partial charge < -0.3 is 0 Å². The topological polar surface area (TPSA) is 17.1 Å². The van der Waals surface area contributed by atoms with Crippen LogP contribution in [0.2, 0.25) is 0 Å². The predicted octanol–water partition coefficient (Wildman–Crippen LogP) is 3.18. The third kappa shape index (κ3) is 2.79. The van der Waals surface area contributed by atoms with Crippen LogP contribution in [0.15, 0.2) is 30.3 Å². The molecule has 0 N–H and O–H groups in total. The third-order valence-electron chi connectivity index (χ3n) is 2.13. The molecule has 0 radical (unpaired) electrons. The summed E-state index contributed by atoms with van der Waals surface area (Å²) in [6, 6.07) is 10.00. The fourth-order valence-electron chi connectivity index (χ4n) is 1.43. The average Bonchev–Trinajstić information content (AvgIpc) is 2.20. The van der Waals surface area contributed by atoms with E-state index in [1.54, 1.807) is 0 Å². The van der Waals surface area contributed by atoms with Gasteiger partial charge >= 0.3 is 0 Å². The van der Waals surface area contributed by atoms with Crippen molar-refractivity contribution in [3.05, 3.63) is 35.9 Å². The highest BCUT2D eigenvalue weighted by Gasteiger charge is 2.16. The van der Waals surface area contributed by atoms with Crippen molar-refractivity contribution in [1.82, 2.24) is 0 Å². The van der Waals surface area contributed by atoms with Gasteiger partial charge in [-0.1, -0.05) is 59.8 Å². The molecule has 0 heterocycles. The Bertz CT molecular complexity index is 269. The Balaban J connectivity index is 2.85. The maximum atomic E-state index is 11.5. The molecule has 0 aliphatic carbocycles. The van der Waals surface area contributed by atoms with E-state index in [-0.39, 0.29) is 5.92 Å². The van der Waals surface area contributed by atoms with Crippen LogP contribution in [0, 0.1) is 0 Å².